The fourth-order valence-electron chi connectivity index (χ4n) is 2.64. The van der Waals surface area contributed by atoms with Crippen molar-refractivity contribution >= 4 is 12.4 Å². The Morgan fingerprint density at radius 1 is 1.44 bits per heavy atom. The van der Waals surface area contributed by atoms with Crippen LogP contribution in [0.25, 0.3) is 0 Å². The standard InChI is InChI=1S/C13H24N4.ClH/c1-11-12(10-17(3)15-11)9-16(2)13-5-4-7-14-8-6-13;/h10,13-14H,4-9H2,1-3H3;1H. The zero-order valence-corrected chi connectivity index (χ0v) is 12.5. The lowest BCUT2D eigenvalue weighted by molar-refractivity contribution is 0.216. The molecule has 2 rings (SSSR count). The third kappa shape index (κ3) is 3.97. The maximum Gasteiger partial charge on any atom is 0.0638 e. The molecule has 4 nitrogen and oxygen atoms in total. The van der Waals surface area contributed by atoms with Crippen LogP contribution in [0.3, 0.4) is 0 Å². The van der Waals surface area contributed by atoms with Crippen LogP contribution in [0, 0.1) is 6.92 Å². The third-order valence-corrected chi connectivity index (χ3v) is 3.70. The van der Waals surface area contributed by atoms with E-state index in [0.717, 1.165) is 18.8 Å². The van der Waals surface area contributed by atoms with Crippen molar-refractivity contribution in [2.75, 3.05) is 20.1 Å². The van der Waals surface area contributed by atoms with Gasteiger partial charge in [-0.2, -0.15) is 5.10 Å². The Hall–Kier alpha value is -0.580. The molecule has 1 aromatic heterocycles. The maximum atomic E-state index is 4.41. The van der Waals surface area contributed by atoms with Crippen LogP contribution in [0.15, 0.2) is 6.20 Å². The number of halogens is 1. The normalized spacial score (nSPS) is 20.6. The first-order chi connectivity index (χ1) is 8.16. The van der Waals surface area contributed by atoms with Crippen LogP contribution in [0.5, 0.6) is 0 Å². The van der Waals surface area contributed by atoms with E-state index < -0.39 is 0 Å². The summed E-state index contributed by atoms with van der Waals surface area (Å²) in [5.74, 6) is 0. The van der Waals surface area contributed by atoms with Crippen molar-refractivity contribution in [1.82, 2.24) is 20.0 Å². The van der Waals surface area contributed by atoms with Gasteiger partial charge in [-0.05, 0) is 46.3 Å². The average Bonchev–Trinajstić information content (AvgIpc) is 2.54. The Morgan fingerprint density at radius 2 is 2.22 bits per heavy atom. The van der Waals surface area contributed by atoms with Gasteiger partial charge in [0.05, 0.1) is 5.69 Å². The Bertz CT molecular complexity index is 356. The molecular weight excluding hydrogens is 248 g/mol. The Kier molecular flexibility index (Phi) is 6.12. The number of nitrogens with zero attached hydrogens (tertiary/aromatic N) is 3. The molecule has 1 unspecified atom stereocenters. The summed E-state index contributed by atoms with van der Waals surface area (Å²) in [4.78, 5) is 2.48. The average molecular weight is 273 g/mol. The molecule has 1 aromatic rings. The summed E-state index contributed by atoms with van der Waals surface area (Å²) < 4.78 is 1.91. The van der Waals surface area contributed by atoms with Crippen LogP contribution in [0.2, 0.25) is 0 Å². The van der Waals surface area contributed by atoms with Gasteiger partial charge in [0.25, 0.3) is 0 Å². The summed E-state index contributed by atoms with van der Waals surface area (Å²) in [6.45, 7) is 5.44. The first-order valence-electron chi connectivity index (χ1n) is 6.57. The summed E-state index contributed by atoms with van der Waals surface area (Å²) >= 11 is 0. The van der Waals surface area contributed by atoms with Gasteiger partial charge in [-0.3, -0.25) is 9.58 Å². The topological polar surface area (TPSA) is 33.1 Å². The minimum absolute atomic E-state index is 0. The monoisotopic (exact) mass is 272 g/mol. The van der Waals surface area contributed by atoms with Gasteiger partial charge in [0.15, 0.2) is 0 Å². The second kappa shape index (κ2) is 7.12. The SMILES string of the molecule is Cc1nn(C)cc1CN(C)C1CCCNCC1.Cl. The highest BCUT2D eigenvalue weighted by Crippen LogP contribution is 2.16. The zero-order valence-electron chi connectivity index (χ0n) is 11.6. The number of aromatic nitrogens is 2. The number of hydrogen-bond acceptors (Lipinski definition) is 3. The quantitative estimate of drug-likeness (QED) is 0.910. The van der Waals surface area contributed by atoms with Crippen LogP contribution < -0.4 is 5.32 Å². The van der Waals surface area contributed by atoms with Gasteiger partial charge < -0.3 is 5.32 Å². The summed E-state index contributed by atoms with van der Waals surface area (Å²) in [6.07, 6.45) is 6.00. The van der Waals surface area contributed by atoms with E-state index in [-0.39, 0.29) is 12.4 Å². The van der Waals surface area contributed by atoms with Crippen molar-refractivity contribution in [2.24, 2.45) is 7.05 Å². The summed E-state index contributed by atoms with van der Waals surface area (Å²) in [6, 6.07) is 0.713. The predicted molar refractivity (Wildman–Crippen MR) is 77.2 cm³/mol. The van der Waals surface area contributed by atoms with Gasteiger partial charge in [-0.25, -0.2) is 0 Å². The van der Waals surface area contributed by atoms with E-state index in [1.165, 1.54) is 31.4 Å². The smallest absolute Gasteiger partial charge is 0.0638 e. The van der Waals surface area contributed by atoms with E-state index in [4.69, 9.17) is 0 Å². The van der Waals surface area contributed by atoms with Gasteiger partial charge in [-0.15, -0.1) is 12.4 Å². The molecule has 0 amide bonds. The van der Waals surface area contributed by atoms with E-state index in [2.05, 4.69) is 35.5 Å². The molecule has 1 aliphatic heterocycles. The van der Waals surface area contributed by atoms with E-state index in [1.807, 2.05) is 11.7 Å². The van der Waals surface area contributed by atoms with Crippen molar-refractivity contribution in [3.63, 3.8) is 0 Å². The van der Waals surface area contributed by atoms with Crippen molar-refractivity contribution < 1.29 is 0 Å². The Labute approximate surface area is 116 Å². The van der Waals surface area contributed by atoms with Crippen LogP contribution >= 0.6 is 12.4 Å². The molecule has 0 radical (unpaired) electrons. The van der Waals surface area contributed by atoms with Crippen molar-refractivity contribution in [1.29, 1.82) is 0 Å². The first-order valence-corrected chi connectivity index (χ1v) is 6.57. The second-order valence-electron chi connectivity index (χ2n) is 5.16. The Balaban J connectivity index is 0.00000162. The molecule has 1 saturated heterocycles. The van der Waals surface area contributed by atoms with E-state index in [9.17, 15) is 0 Å². The van der Waals surface area contributed by atoms with Gasteiger partial charge in [0.1, 0.15) is 0 Å². The molecule has 18 heavy (non-hydrogen) atoms. The number of rotatable bonds is 3. The van der Waals surface area contributed by atoms with Gasteiger partial charge in [0.2, 0.25) is 0 Å². The minimum atomic E-state index is 0. The molecule has 1 fully saturated rings. The van der Waals surface area contributed by atoms with Crippen LogP contribution in [-0.2, 0) is 13.6 Å². The molecule has 1 aliphatic rings. The van der Waals surface area contributed by atoms with Crippen molar-refractivity contribution in [3.05, 3.63) is 17.5 Å². The van der Waals surface area contributed by atoms with E-state index in [1.54, 1.807) is 0 Å². The van der Waals surface area contributed by atoms with E-state index >= 15 is 0 Å². The fraction of sp³-hybridized carbons (Fsp3) is 0.769. The van der Waals surface area contributed by atoms with E-state index in [0.29, 0.717) is 6.04 Å². The highest BCUT2D eigenvalue weighted by molar-refractivity contribution is 5.85. The van der Waals surface area contributed by atoms with Gasteiger partial charge >= 0.3 is 0 Å². The summed E-state index contributed by atoms with van der Waals surface area (Å²) in [5, 5.41) is 7.87. The lowest BCUT2D eigenvalue weighted by Gasteiger charge is -2.26. The largest absolute Gasteiger partial charge is 0.317 e. The highest BCUT2D eigenvalue weighted by atomic mass is 35.5. The number of hydrogen-bond donors (Lipinski definition) is 1. The minimum Gasteiger partial charge on any atom is -0.317 e. The van der Waals surface area contributed by atoms with Crippen molar-refractivity contribution in [3.8, 4) is 0 Å². The maximum absolute atomic E-state index is 4.41. The van der Waals surface area contributed by atoms with Crippen LogP contribution in [0.1, 0.15) is 30.5 Å². The van der Waals surface area contributed by atoms with Crippen LogP contribution in [-0.4, -0.2) is 40.9 Å². The van der Waals surface area contributed by atoms with Gasteiger partial charge in [-0.1, -0.05) is 0 Å². The molecule has 0 saturated carbocycles. The highest BCUT2D eigenvalue weighted by Gasteiger charge is 2.17. The number of aryl methyl sites for hydroxylation is 2. The second-order valence-corrected chi connectivity index (χ2v) is 5.16. The molecule has 5 heteroatoms. The molecule has 0 bridgehead atoms. The van der Waals surface area contributed by atoms with Gasteiger partial charge in [0, 0.05) is 31.4 Å². The Morgan fingerprint density at radius 3 is 2.89 bits per heavy atom. The molecular formula is C13H25ClN4. The molecule has 104 valence electrons. The molecule has 2 heterocycles. The first kappa shape index (κ1) is 15.5. The molecule has 0 aromatic carbocycles. The third-order valence-electron chi connectivity index (χ3n) is 3.70. The zero-order chi connectivity index (χ0) is 12.3. The molecule has 1 N–H and O–H groups in total. The molecule has 1 atom stereocenters. The lowest BCUT2D eigenvalue weighted by Crippen LogP contribution is -2.32. The van der Waals surface area contributed by atoms with Crippen LogP contribution in [0.4, 0.5) is 0 Å². The summed E-state index contributed by atoms with van der Waals surface area (Å²) in [7, 11) is 4.23. The lowest BCUT2D eigenvalue weighted by atomic mass is 10.1. The molecule has 0 aliphatic carbocycles. The number of nitrogens with one attached hydrogen (secondary N) is 1. The fourth-order valence-corrected chi connectivity index (χ4v) is 2.64. The van der Waals surface area contributed by atoms with Crippen molar-refractivity contribution in [2.45, 2.75) is 38.8 Å². The molecule has 0 spiro atoms. The summed E-state index contributed by atoms with van der Waals surface area (Å²) in [5.41, 5.74) is 2.51. The predicted octanol–water partition coefficient (Wildman–Crippen LogP) is 1.72.